The highest BCUT2D eigenvalue weighted by molar-refractivity contribution is 5.71. The molecule has 1 aliphatic heterocycles. The lowest BCUT2D eigenvalue weighted by Crippen LogP contribution is -2.50. The summed E-state index contributed by atoms with van der Waals surface area (Å²) in [6.07, 6.45) is 8.69. The lowest BCUT2D eigenvalue weighted by Gasteiger charge is -2.41. The highest BCUT2D eigenvalue weighted by Gasteiger charge is 2.28. The Morgan fingerprint density at radius 1 is 1.08 bits per heavy atom. The van der Waals surface area contributed by atoms with Gasteiger partial charge in [0, 0.05) is 44.5 Å². The van der Waals surface area contributed by atoms with Crippen molar-refractivity contribution in [2.45, 2.75) is 44.7 Å². The summed E-state index contributed by atoms with van der Waals surface area (Å²) in [7, 11) is 2.23. The first kappa shape index (κ1) is 15.8. The van der Waals surface area contributed by atoms with E-state index in [1.165, 1.54) is 57.4 Å². The van der Waals surface area contributed by atoms with Gasteiger partial charge in [-0.25, -0.2) is 9.50 Å². The Balaban J connectivity index is 1.37. The molecule has 1 saturated carbocycles. The average molecular weight is 328 g/mol. The van der Waals surface area contributed by atoms with Gasteiger partial charge < -0.3 is 10.2 Å². The van der Waals surface area contributed by atoms with Gasteiger partial charge >= 0.3 is 0 Å². The van der Waals surface area contributed by atoms with E-state index < -0.39 is 0 Å². The van der Waals surface area contributed by atoms with Gasteiger partial charge in [-0.15, -0.1) is 0 Å². The molecule has 0 amide bonds. The van der Waals surface area contributed by atoms with E-state index in [0.717, 1.165) is 17.4 Å². The zero-order valence-corrected chi connectivity index (χ0v) is 14.8. The minimum atomic E-state index is 0.529. The van der Waals surface area contributed by atoms with Crippen molar-refractivity contribution in [1.29, 1.82) is 0 Å². The van der Waals surface area contributed by atoms with Crippen LogP contribution in [0.2, 0.25) is 0 Å². The Morgan fingerprint density at radius 3 is 2.58 bits per heavy atom. The topological polar surface area (TPSA) is 48.7 Å². The van der Waals surface area contributed by atoms with E-state index in [1.807, 2.05) is 10.7 Å². The molecule has 3 heterocycles. The van der Waals surface area contributed by atoms with E-state index in [9.17, 15) is 0 Å². The van der Waals surface area contributed by atoms with E-state index in [0.29, 0.717) is 6.04 Å². The van der Waals surface area contributed by atoms with Crippen molar-refractivity contribution in [3.05, 3.63) is 24.2 Å². The van der Waals surface area contributed by atoms with Gasteiger partial charge in [0.25, 0.3) is 0 Å². The highest BCUT2D eigenvalue weighted by atomic mass is 15.3. The number of rotatable bonds is 3. The van der Waals surface area contributed by atoms with Crippen LogP contribution in [-0.4, -0.2) is 69.7 Å². The van der Waals surface area contributed by atoms with Crippen molar-refractivity contribution >= 4 is 11.3 Å². The zero-order valence-electron chi connectivity index (χ0n) is 14.8. The fourth-order valence-corrected chi connectivity index (χ4v) is 4.18. The van der Waals surface area contributed by atoms with Gasteiger partial charge in [-0.2, -0.15) is 5.10 Å². The Bertz CT molecular complexity index is 680. The van der Waals surface area contributed by atoms with Gasteiger partial charge in [-0.3, -0.25) is 4.90 Å². The molecule has 130 valence electrons. The summed E-state index contributed by atoms with van der Waals surface area (Å²) in [5, 5.41) is 7.97. The number of likely N-dealkylation sites (N-methyl/N-ethyl adjacent to an activating group) is 1. The normalized spacial score (nSPS) is 26.8. The Kier molecular flexibility index (Phi) is 4.41. The molecular formula is C18H28N6. The molecule has 0 unspecified atom stereocenters. The fraction of sp³-hybridized carbons (Fsp3) is 0.667. The second-order valence-corrected chi connectivity index (χ2v) is 7.39. The van der Waals surface area contributed by atoms with Crippen LogP contribution in [0.3, 0.4) is 0 Å². The molecule has 4 rings (SSSR count). The number of nitrogens with zero attached hydrogens (tertiary/aromatic N) is 5. The fourth-order valence-electron chi connectivity index (χ4n) is 4.18. The molecule has 0 atom stereocenters. The largest absolute Gasteiger partial charge is 0.365 e. The molecule has 2 aromatic heterocycles. The Morgan fingerprint density at radius 2 is 1.83 bits per heavy atom. The van der Waals surface area contributed by atoms with Crippen LogP contribution in [0.15, 0.2) is 18.6 Å². The van der Waals surface area contributed by atoms with Gasteiger partial charge in [0.15, 0.2) is 5.82 Å². The Labute approximate surface area is 143 Å². The molecule has 0 radical (unpaired) electrons. The first-order chi connectivity index (χ1) is 11.7. The number of aromatic nitrogens is 3. The molecule has 6 nitrogen and oxygen atoms in total. The van der Waals surface area contributed by atoms with E-state index in [4.69, 9.17) is 0 Å². The summed E-state index contributed by atoms with van der Waals surface area (Å²) >= 11 is 0. The van der Waals surface area contributed by atoms with Crippen LogP contribution in [0.1, 0.15) is 31.2 Å². The van der Waals surface area contributed by atoms with Gasteiger partial charge in [-0.1, -0.05) is 0 Å². The van der Waals surface area contributed by atoms with E-state index in [-0.39, 0.29) is 0 Å². The molecule has 1 aliphatic carbocycles. The summed E-state index contributed by atoms with van der Waals surface area (Å²) in [6.45, 7) is 7.01. The smallest absolute Gasteiger partial charge is 0.154 e. The van der Waals surface area contributed by atoms with E-state index in [2.05, 4.69) is 45.2 Å². The summed E-state index contributed by atoms with van der Waals surface area (Å²) < 4.78 is 1.92. The lowest BCUT2D eigenvalue weighted by atomic mass is 9.89. The van der Waals surface area contributed by atoms with Gasteiger partial charge in [0.1, 0.15) is 11.8 Å². The van der Waals surface area contributed by atoms with Crippen LogP contribution in [0.25, 0.3) is 5.52 Å². The summed E-state index contributed by atoms with van der Waals surface area (Å²) in [6, 6.07) is 3.40. The lowest BCUT2D eigenvalue weighted by molar-refractivity contribution is 0.0894. The number of hydrogen-bond donors (Lipinski definition) is 1. The molecule has 2 fully saturated rings. The molecule has 0 spiro atoms. The van der Waals surface area contributed by atoms with Gasteiger partial charge in [0.05, 0.1) is 0 Å². The molecule has 24 heavy (non-hydrogen) atoms. The molecular weight excluding hydrogens is 300 g/mol. The molecule has 1 N–H and O–H groups in total. The number of piperazine rings is 1. The quantitative estimate of drug-likeness (QED) is 0.934. The van der Waals surface area contributed by atoms with Crippen molar-refractivity contribution in [3.63, 3.8) is 0 Å². The molecule has 2 aliphatic rings. The second kappa shape index (κ2) is 6.69. The minimum Gasteiger partial charge on any atom is -0.365 e. The third kappa shape index (κ3) is 3.13. The maximum Gasteiger partial charge on any atom is 0.154 e. The first-order valence-electron chi connectivity index (χ1n) is 9.19. The van der Waals surface area contributed by atoms with Gasteiger partial charge in [0.2, 0.25) is 0 Å². The number of anilines is 1. The van der Waals surface area contributed by atoms with E-state index in [1.54, 1.807) is 6.33 Å². The predicted molar refractivity (Wildman–Crippen MR) is 96.5 cm³/mol. The van der Waals surface area contributed by atoms with Crippen molar-refractivity contribution < 1.29 is 0 Å². The number of nitrogens with one attached hydrogen (secondary N) is 1. The molecule has 0 aromatic carbocycles. The van der Waals surface area contributed by atoms with Crippen LogP contribution in [-0.2, 0) is 0 Å². The maximum absolute atomic E-state index is 4.49. The third-order valence-electron chi connectivity index (χ3n) is 5.75. The highest BCUT2D eigenvalue weighted by Crippen LogP contribution is 2.27. The monoisotopic (exact) mass is 328 g/mol. The number of hydrogen-bond acceptors (Lipinski definition) is 5. The standard InChI is InChI=1S/C18H28N6/c1-14-7-8-24-17(14)18(19-13-20-24)21-15-3-5-16(6-4-15)23-11-9-22(2)10-12-23/h7-8,13,15-16H,3-6,9-12H2,1-2H3,(H,19,20,21)/t15-,16-. The zero-order chi connectivity index (χ0) is 16.5. The number of aryl methyl sites for hydroxylation is 1. The molecule has 0 bridgehead atoms. The summed E-state index contributed by atoms with van der Waals surface area (Å²) in [5.74, 6) is 0.982. The average Bonchev–Trinajstić information content (AvgIpc) is 2.99. The van der Waals surface area contributed by atoms with Crippen molar-refractivity contribution in [1.82, 2.24) is 24.4 Å². The van der Waals surface area contributed by atoms with Crippen molar-refractivity contribution in [2.24, 2.45) is 0 Å². The third-order valence-corrected chi connectivity index (χ3v) is 5.75. The molecule has 1 saturated heterocycles. The Hall–Kier alpha value is -1.66. The summed E-state index contributed by atoms with van der Waals surface area (Å²) in [5.41, 5.74) is 2.34. The van der Waals surface area contributed by atoms with Crippen molar-refractivity contribution in [2.75, 3.05) is 38.5 Å². The van der Waals surface area contributed by atoms with Crippen LogP contribution in [0.5, 0.6) is 0 Å². The van der Waals surface area contributed by atoms with Crippen LogP contribution in [0.4, 0.5) is 5.82 Å². The summed E-state index contributed by atoms with van der Waals surface area (Å²) in [4.78, 5) is 9.63. The minimum absolute atomic E-state index is 0.529. The maximum atomic E-state index is 4.49. The van der Waals surface area contributed by atoms with Crippen LogP contribution in [0, 0.1) is 6.92 Å². The van der Waals surface area contributed by atoms with E-state index >= 15 is 0 Å². The predicted octanol–water partition coefficient (Wildman–Crippen LogP) is 2.01. The van der Waals surface area contributed by atoms with Gasteiger partial charge in [-0.05, 0) is 51.3 Å². The molecule has 6 heteroatoms. The second-order valence-electron chi connectivity index (χ2n) is 7.39. The SMILES string of the molecule is Cc1ccn2ncnc(N[C@H]3CC[C@H](N4CCN(C)CC4)CC3)c12. The molecule has 2 aromatic rings. The van der Waals surface area contributed by atoms with Crippen LogP contribution >= 0.6 is 0 Å². The number of fused-ring (bicyclic) bond motifs is 1. The first-order valence-corrected chi connectivity index (χ1v) is 9.19. The van der Waals surface area contributed by atoms with Crippen LogP contribution < -0.4 is 5.32 Å². The van der Waals surface area contributed by atoms with Crippen molar-refractivity contribution in [3.8, 4) is 0 Å².